The molecule has 0 spiro atoms. The van der Waals surface area contributed by atoms with Gasteiger partial charge in [0.1, 0.15) is 0 Å². The van der Waals surface area contributed by atoms with E-state index in [4.69, 9.17) is 9.84 Å². The van der Waals surface area contributed by atoms with Crippen LogP contribution in [0.15, 0.2) is 0 Å². The highest BCUT2D eigenvalue weighted by atomic mass is 32.2. The van der Waals surface area contributed by atoms with E-state index in [9.17, 15) is 13.2 Å². The second-order valence-corrected chi connectivity index (χ2v) is 6.69. The number of ether oxygens (including phenoxy) is 1. The molecule has 1 atom stereocenters. The first kappa shape index (κ1) is 18.3. The van der Waals surface area contributed by atoms with Crippen LogP contribution in [0.3, 0.4) is 0 Å². The largest absolute Gasteiger partial charge is 0.481 e. The van der Waals surface area contributed by atoms with Gasteiger partial charge in [-0.15, -0.1) is 0 Å². The zero-order valence-corrected chi connectivity index (χ0v) is 12.7. The Hall–Kier alpha value is -0.700. The summed E-state index contributed by atoms with van der Waals surface area (Å²) < 4.78 is 31.8. The van der Waals surface area contributed by atoms with Crippen molar-refractivity contribution < 1.29 is 23.1 Å². The molecule has 0 rings (SSSR count). The maximum Gasteiger partial charge on any atom is 0.307 e. The molecule has 0 bridgehead atoms. The molecule has 19 heavy (non-hydrogen) atoms. The van der Waals surface area contributed by atoms with Crippen LogP contribution in [0.5, 0.6) is 0 Å². The van der Waals surface area contributed by atoms with Crippen LogP contribution in [0.1, 0.15) is 20.3 Å². The fraction of sp³-hybridized carbons (Fsp3) is 0.909. The first-order chi connectivity index (χ1) is 8.70. The molecule has 8 heteroatoms. The van der Waals surface area contributed by atoms with Crippen molar-refractivity contribution in [1.82, 2.24) is 9.03 Å². The zero-order valence-electron chi connectivity index (χ0n) is 11.9. The lowest BCUT2D eigenvalue weighted by Crippen LogP contribution is -2.43. The monoisotopic (exact) mass is 296 g/mol. The minimum absolute atomic E-state index is 0.104. The number of methoxy groups -OCH3 is 1. The maximum absolute atomic E-state index is 11.8. The number of aliphatic carboxylic acids is 1. The number of carboxylic acids is 1. The average Bonchev–Trinajstić information content (AvgIpc) is 2.30. The van der Waals surface area contributed by atoms with Gasteiger partial charge >= 0.3 is 5.97 Å². The van der Waals surface area contributed by atoms with E-state index in [2.05, 4.69) is 4.72 Å². The lowest BCUT2D eigenvalue weighted by molar-refractivity contribution is -0.142. The fourth-order valence-corrected chi connectivity index (χ4v) is 2.44. The minimum atomic E-state index is -3.66. The van der Waals surface area contributed by atoms with Crippen molar-refractivity contribution in [3.8, 4) is 0 Å². The van der Waals surface area contributed by atoms with E-state index in [-0.39, 0.29) is 25.6 Å². The molecule has 0 aromatic heterocycles. The van der Waals surface area contributed by atoms with Gasteiger partial charge in [0.05, 0.1) is 12.5 Å². The first-order valence-electron chi connectivity index (χ1n) is 6.13. The van der Waals surface area contributed by atoms with Crippen molar-refractivity contribution in [3.05, 3.63) is 0 Å². The summed E-state index contributed by atoms with van der Waals surface area (Å²) in [5.74, 6) is -1.52. The topological polar surface area (TPSA) is 95.9 Å². The third kappa shape index (κ3) is 7.46. The Labute approximate surface area is 115 Å². The molecule has 0 aliphatic rings. The van der Waals surface area contributed by atoms with Crippen LogP contribution in [0.4, 0.5) is 0 Å². The highest BCUT2D eigenvalue weighted by Crippen LogP contribution is 2.11. The quantitative estimate of drug-likeness (QED) is 0.598. The van der Waals surface area contributed by atoms with Crippen LogP contribution < -0.4 is 4.72 Å². The van der Waals surface area contributed by atoms with Crippen LogP contribution in [0, 0.1) is 11.8 Å². The van der Waals surface area contributed by atoms with Gasteiger partial charge in [0, 0.05) is 27.2 Å². The predicted molar refractivity (Wildman–Crippen MR) is 72.0 cm³/mol. The summed E-state index contributed by atoms with van der Waals surface area (Å²) in [6, 6.07) is 0. The molecule has 0 saturated carbocycles. The van der Waals surface area contributed by atoms with Gasteiger partial charge in [0.2, 0.25) is 0 Å². The number of nitrogens with zero attached hydrogens (tertiary/aromatic N) is 1. The number of rotatable bonds is 10. The van der Waals surface area contributed by atoms with Crippen LogP contribution in [-0.2, 0) is 19.7 Å². The first-order valence-corrected chi connectivity index (χ1v) is 7.57. The molecule has 0 heterocycles. The van der Waals surface area contributed by atoms with Crippen molar-refractivity contribution in [2.75, 3.05) is 33.9 Å². The highest BCUT2D eigenvalue weighted by molar-refractivity contribution is 7.87. The van der Waals surface area contributed by atoms with Crippen LogP contribution in [0.25, 0.3) is 0 Å². The van der Waals surface area contributed by atoms with Gasteiger partial charge < -0.3 is 9.84 Å². The van der Waals surface area contributed by atoms with E-state index in [1.54, 1.807) is 0 Å². The number of hydrogen-bond donors (Lipinski definition) is 2. The summed E-state index contributed by atoms with van der Waals surface area (Å²) in [6.07, 6.45) is 0.430. The molecule has 0 amide bonds. The molecule has 2 N–H and O–H groups in total. The van der Waals surface area contributed by atoms with Crippen molar-refractivity contribution in [2.45, 2.75) is 20.3 Å². The Morgan fingerprint density at radius 2 is 2.00 bits per heavy atom. The van der Waals surface area contributed by atoms with Crippen molar-refractivity contribution in [3.63, 3.8) is 0 Å². The van der Waals surface area contributed by atoms with Gasteiger partial charge in [0.25, 0.3) is 10.2 Å². The lowest BCUT2D eigenvalue weighted by Gasteiger charge is -2.20. The Kier molecular flexibility index (Phi) is 8.15. The van der Waals surface area contributed by atoms with Gasteiger partial charge in [-0.25, -0.2) is 4.72 Å². The van der Waals surface area contributed by atoms with Crippen molar-refractivity contribution >= 4 is 16.2 Å². The summed E-state index contributed by atoms with van der Waals surface area (Å²) in [6.45, 7) is 4.19. The van der Waals surface area contributed by atoms with Crippen molar-refractivity contribution in [1.29, 1.82) is 0 Å². The van der Waals surface area contributed by atoms with Gasteiger partial charge in [-0.1, -0.05) is 13.8 Å². The van der Waals surface area contributed by atoms with Crippen LogP contribution in [-0.4, -0.2) is 57.7 Å². The van der Waals surface area contributed by atoms with Gasteiger partial charge in [-0.3, -0.25) is 4.79 Å². The number of hydrogen-bond acceptors (Lipinski definition) is 4. The molecule has 114 valence electrons. The number of likely N-dealkylation sites (N-methyl/N-ethyl adjacent to an activating group) is 1. The minimum Gasteiger partial charge on any atom is -0.481 e. The zero-order chi connectivity index (χ0) is 15.1. The summed E-state index contributed by atoms with van der Waals surface area (Å²) in [5, 5.41) is 9.03. The Morgan fingerprint density at radius 3 is 2.42 bits per heavy atom. The average molecular weight is 296 g/mol. The maximum atomic E-state index is 11.8. The second-order valence-electron chi connectivity index (χ2n) is 4.83. The van der Waals surface area contributed by atoms with Crippen LogP contribution >= 0.6 is 0 Å². The van der Waals surface area contributed by atoms with Gasteiger partial charge in [0.15, 0.2) is 0 Å². The van der Waals surface area contributed by atoms with Crippen molar-refractivity contribution in [2.24, 2.45) is 11.8 Å². The van der Waals surface area contributed by atoms with E-state index in [1.165, 1.54) is 14.2 Å². The SMILES string of the molecule is COCCN(C)S(=O)(=O)NCC(CC(C)C)C(=O)O. The molecular formula is C11H24N2O5S. The lowest BCUT2D eigenvalue weighted by atomic mass is 9.98. The molecule has 0 aliphatic carbocycles. The summed E-state index contributed by atoms with van der Waals surface area (Å²) in [4.78, 5) is 11.0. The number of carbonyl (C=O) groups is 1. The molecule has 0 fully saturated rings. The summed E-state index contributed by atoms with van der Waals surface area (Å²) >= 11 is 0. The summed E-state index contributed by atoms with van der Waals surface area (Å²) in [7, 11) is -0.758. The molecule has 0 saturated heterocycles. The standard InChI is InChI=1S/C11H24N2O5S/c1-9(2)7-10(11(14)15)8-12-19(16,17)13(3)5-6-18-4/h9-10,12H,5-8H2,1-4H3,(H,14,15). The van der Waals surface area contributed by atoms with E-state index in [0.717, 1.165) is 4.31 Å². The molecule has 0 radical (unpaired) electrons. The number of nitrogens with one attached hydrogen (secondary N) is 1. The van der Waals surface area contributed by atoms with E-state index >= 15 is 0 Å². The smallest absolute Gasteiger partial charge is 0.307 e. The predicted octanol–water partition coefficient (Wildman–Crippen LogP) is 0.146. The van der Waals surface area contributed by atoms with Crippen LogP contribution in [0.2, 0.25) is 0 Å². The second kappa shape index (κ2) is 8.47. The number of carboxylic acid groups (broad SMARTS) is 1. The Morgan fingerprint density at radius 1 is 1.42 bits per heavy atom. The molecule has 7 nitrogen and oxygen atoms in total. The van der Waals surface area contributed by atoms with Gasteiger partial charge in [-0.2, -0.15) is 12.7 Å². The normalized spacial score (nSPS) is 14.0. The fourth-order valence-electron chi connectivity index (χ4n) is 1.50. The molecule has 0 aliphatic heterocycles. The molecule has 0 aromatic rings. The molecular weight excluding hydrogens is 272 g/mol. The van der Waals surface area contributed by atoms with Gasteiger partial charge in [-0.05, 0) is 12.3 Å². The summed E-state index contributed by atoms with van der Waals surface area (Å²) in [5.41, 5.74) is 0. The van der Waals surface area contributed by atoms with E-state index < -0.39 is 22.1 Å². The third-order valence-corrected chi connectivity index (χ3v) is 4.17. The van der Waals surface area contributed by atoms with E-state index in [0.29, 0.717) is 6.42 Å². The highest BCUT2D eigenvalue weighted by Gasteiger charge is 2.23. The van der Waals surface area contributed by atoms with E-state index in [1.807, 2.05) is 13.8 Å². The third-order valence-electron chi connectivity index (χ3n) is 2.64. The molecule has 1 unspecified atom stereocenters. The molecule has 0 aromatic carbocycles. The Balaban J connectivity index is 4.44. The Bertz CT molecular complexity index is 369.